The van der Waals surface area contributed by atoms with Gasteiger partial charge in [-0.25, -0.2) is 0 Å². The first-order valence-corrected chi connectivity index (χ1v) is 10.6. The van der Waals surface area contributed by atoms with Crippen LogP contribution in [0.4, 0.5) is 0 Å². The van der Waals surface area contributed by atoms with Crippen molar-refractivity contribution in [3.05, 3.63) is 83.4 Å². The normalized spacial score (nSPS) is 18.1. The minimum atomic E-state index is -0.742. The monoisotopic (exact) mass is 430 g/mol. The number of phenolic OH excluding ortho intramolecular Hbond substituents is 1. The first-order chi connectivity index (χ1) is 15.4. The molecular weight excluding hydrogens is 404 g/mol. The number of aliphatic hydroxyl groups excluding tert-OH is 1. The Morgan fingerprint density at radius 1 is 0.969 bits per heavy atom. The van der Waals surface area contributed by atoms with E-state index < -0.39 is 17.7 Å². The summed E-state index contributed by atoms with van der Waals surface area (Å²) in [5.41, 5.74) is 0.867. The average molecular weight is 431 g/mol. The highest BCUT2D eigenvalue weighted by molar-refractivity contribution is 6.46. The van der Waals surface area contributed by atoms with Crippen LogP contribution >= 0.6 is 0 Å². The average Bonchev–Trinajstić information content (AvgIpc) is 3.04. The van der Waals surface area contributed by atoms with Crippen molar-refractivity contribution in [2.75, 3.05) is 27.2 Å². The number of Topliss-reactive ketones (excluding diaryl/α,β-unsaturated/α-hetero) is 1. The highest BCUT2D eigenvalue weighted by Crippen LogP contribution is 2.42. The predicted octanol–water partition coefficient (Wildman–Crippen LogP) is 3.92. The fourth-order valence-electron chi connectivity index (χ4n) is 4.24. The lowest BCUT2D eigenvalue weighted by Gasteiger charge is -2.26. The van der Waals surface area contributed by atoms with Gasteiger partial charge >= 0.3 is 0 Å². The second-order valence-corrected chi connectivity index (χ2v) is 8.24. The van der Waals surface area contributed by atoms with Crippen molar-refractivity contribution in [3.8, 4) is 5.75 Å². The molecule has 164 valence electrons. The Morgan fingerprint density at radius 3 is 2.38 bits per heavy atom. The molecule has 2 N–H and O–H groups in total. The summed E-state index contributed by atoms with van der Waals surface area (Å²) in [5.74, 6) is -1.87. The third kappa shape index (κ3) is 3.85. The number of hydrogen-bond donors (Lipinski definition) is 2. The van der Waals surface area contributed by atoms with Gasteiger partial charge in [-0.05, 0) is 44.1 Å². The number of nitrogens with zero attached hydrogens (tertiary/aromatic N) is 2. The maximum absolute atomic E-state index is 13.1. The third-order valence-electron chi connectivity index (χ3n) is 5.82. The van der Waals surface area contributed by atoms with Crippen LogP contribution in [0, 0.1) is 0 Å². The van der Waals surface area contributed by atoms with Gasteiger partial charge in [-0.3, -0.25) is 9.59 Å². The van der Waals surface area contributed by atoms with Crippen LogP contribution in [0.5, 0.6) is 5.75 Å². The van der Waals surface area contributed by atoms with Crippen molar-refractivity contribution in [1.29, 1.82) is 0 Å². The second-order valence-electron chi connectivity index (χ2n) is 8.24. The van der Waals surface area contributed by atoms with Crippen LogP contribution < -0.4 is 0 Å². The Morgan fingerprint density at radius 2 is 1.66 bits per heavy atom. The highest BCUT2D eigenvalue weighted by Gasteiger charge is 2.46. The SMILES string of the molecule is CN(C)CCCN1C(=O)C(=O)C(=C(O)c2ccc3ccccc3c2O)[C@@H]1c1ccccc1. The van der Waals surface area contributed by atoms with Crippen LogP contribution in [-0.4, -0.2) is 58.9 Å². The molecular formula is C26H26N2O4. The van der Waals surface area contributed by atoms with E-state index in [1.807, 2.05) is 61.5 Å². The number of carbonyl (C=O) groups excluding carboxylic acids is 2. The summed E-state index contributed by atoms with van der Waals surface area (Å²) in [6.45, 7) is 1.14. The maximum atomic E-state index is 13.1. The smallest absolute Gasteiger partial charge is 0.295 e. The lowest BCUT2D eigenvalue weighted by Crippen LogP contribution is -2.32. The highest BCUT2D eigenvalue weighted by atomic mass is 16.3. The van der Waals surface area contributed by atoms with Crippen LogP contribution in [0.3, 0.4) is 0 Å². The molecule has 3 aromatic rings. The summed E-state index contributed by atoms with van der Waals surface area (Å²) in [4.78, 5) is 29.6. The van der Waals surface area contributed by atoms with Gasteiger partial charge in [0.2, 0.25) is 0 Å². The standard InChI is InChI=1S/C26H26N2O4/c1-27(2)15-8-16-28-22(18-10-4-3-5-11-18)21(25(31)26(28)32)24(30)20-14-13-17-9-6-7-12-19(17)23(20)29/h3-7,9-14,22,29-30H,8,15-16H2,1-2H3/t22-/m0/s1. The van der Waals surface area contributed by atoms with Gasteiger partial charge in [0.1, 0.15) is 11.5 Å². The minimum Gasteiger partial charge on any atom is -0.507 e. The molecule has 1 aliphatic heterocycles. The predicted molar refractivity (Wildman–Crippen MR) is 124 cm³/mol. The Balaban J connectivity index is 1.85. The Hall–Kier alpha value is -3.64. The number of fused-ring (bicyclic) bond motifs is 1. The Bertz CT molecular complexity index is 1200. The number of phenols is 1. The van der Waals surface area contributed by atoms with Crippen molar-refractivity contribution >= 4 is 28.2 Å². The number of carbonyl (C=O) groups is 2. The molecule has 3 aromatic carbocycles. The zero-order valence-corrected chi connectivity index (χ0v) is 18.2. The molecule has 1 fully saturated rings. The fourth-order valence-corrected chi connectivity index (χ4v) is 4.24. The van der Waals surface area contributed by atoms with E-state index in [2.05, 4.69) is 0 Å². The van der Waals surface area contributed by atoms with Crippen molar-refractivity contribution in [2.24, 2.45) is 0 Å². The van der Waals surface area contributed by atoms with E-state index in [1.54, 1.807) is 24.3 Å². The Labute approximate surface area is 187 Å². The molecule has 4 rings (SSSR count). The topological polar surface area (TPSA) is 81.1 Å². The summed E-state index contributed by atoms with van der Waals surface area (Å²) in [5, 5.41) is 23.4. The van der Waals surface area contributed by atoms with E-state index in [0.29, 0.717) is 18.4 Å². The maximum Gasteiger partial charge on any atom is 0.295 e. The van der Waals surface area contributed by atoms with Crippen molar-refractivity contribution in [1.82, 2.24) is 9.80 Å². The number of likely N-dealkylation sites (tertiary alicyclic amines) is 1. The number of hydrogen-bond acceptors (Lipinski definition) is 5. The molecule has 0 radical (unpaired) electrons. The first kappa shape index (κ1) is 21.6. The Kier molecular flexibility index (Phi) is 5.97. The lowest BCUT2D eigenvalue weighted by atomic mass is 9.94. The van der Waals surface area contributed by atoms with E-state index in [0.717, 1.165) is 17.5 Å². The fraction of sp³-hybridized carbons (Fsp3) is 0.231. The molecule has 0 aliphatic carbocycles. The number of ketones is 1. The van der Waals surface area contributed by atoms with Gasteiger partial charge in [-0.2, -0.15) is 0 Å². The van der Waals surface area contributed by atoms with Gasteiger partial charge in [0.25, 0.3) is 11.7 Å². The van der Waals surface area contributed by atoms with Gasteiger partial charge in [0, 0.05) is 11.9 Å². The van der Waals surface area contributed by atoms with Crippen LogP contribution in [-0.2, 0) is 9.59 Å². The van der Waals surface area contributed by atoms with Gasteiger partial charge in [0.15, 0.2) is 0 Å². The van der Waals surface area contributed by atoms with E-state index in [-0.39, 0.29) is 22.6 Å². The van der Waals surface area contributed by atoms with E-state index >= 15 is 0 Å². The number of aromatic hydroxyl groups is 1. The van der Waals surface area contributed by atoms with Gasteiger partial charge in [-0.1, -0.05) is 60.7 Å². The van der Waals surface area contributed by atoms with E-state index in [4.69, 9.17) is 0 Å². The van der Waals surface area contributed by atoms with Crippen LogP contribution in [0.25, 0.3) is 16.5 Å². The minimum absolute atomic E-state index is 0.00312. The van der Waals surface area contributed by atoms with Crippen LogP contribution in [0.15, 0.2) is 72.3 Å². The molecule has 0 spiro atoms. The van der Waals surface area contributed by atoms with Crippen LogP contribution in [0.1, 0.15) is 23.6 Å². The van der Waals surface area contributed by atoms with E-state index in [1.165, 1.54) is 4.90 Å². The number of aliphatic hydroxyl groups is 1. The van der Waals surface area contributed by atoms with Crippen molar-refractivity contribution in [2.45, 2.75) is 12.5 Å². The number of benzene rings is 3. The molecule has 32 heavy (non-hydrogen) atoms. The second kappa shape index (κ2) is 8.85. The molecule has 0 unspecified atom stereocenters. The van der Waals surface area contributed by atoms with Crippen LogP contribution in [0.2, 0.25) is 0 Å². The molecule has 1 heterocycles. The molecule has 0 aromatic heterocycles. The number of rotatable bonds is 6. The first-order valence-electron chi connectivity index (χ1n) is 10.6. The molecule has 1 amide bonds. The molecule has 6 heteroatoms. The van der Waals surface area contributed by atoms with Crippen molar-refractivity contribution in [3.63, 3.8) is 0 Å². The van der Waals surface area contributed by atoms with Gasteiger partial charge < -0.3 is 20.0 Å². The summed E-state index contributed by atoms with van der Waals surface area (Å²) in [6.07, 6.45) is 0.685. The molecule has 6 nitrogen and oxygen atoms in total. The lowest BCUT2D eigenvalue weighted by molar-refractivity contribution is -0.139. The molecule has 0 saturated carbocycles. The largest absolute Gasteiger partial charge is 0.507 e. The summed E-state index contributed by atoms with van der Waals surface area (Å²) in [6, 6.07) is 19.1. The molecule has 1 aliphatic rings. The molecule has 0 bridgehead atoms. The number of amides is 1. The zero-order chi connectivity index (χ0) is 22.8. The van der Waals surface area contributed by atoms with Gasteiger partial charge in [-0.15, -0.1) is 0 Å². The molecule has 1 saturated heterocycles. The zero-order valence-electron chi connectivity index (χ0n) is 18.2. The van der Waals surface area contributed by atoms with Gasteiger partial charge in [0.05, 0.1) is 17.2 Å². The van der Waals surface area contributed by atoms with Crippen molar-refractivity contribution < 1.29 is 19.8 Å². The molecule has 1 atom stereocenters. The summed E-state index contributed by atoms with van der Waals surface area (Å²) in [7, 11) is 3.90. The summed E-state index contributed by atoms with van der Waals surface area (Å²) >= 11 is 0. The quantitative estimate of drug-likeness (QED) is 0.352. The third-order valence-corrected chi connectivity index (χ3v) is 5.82. The van der Waals surface area contributed by atoms with E-state index in [9.17, 15) is 19.8 Å². The summed E-state index contributed by atoms with van der Waals surface area (Å²) < 4.78 is 0.